The van der Waals surface area contributed by atoms with Crippen LogP contribution in [0.5, 0.6) is 0 Å². The van der Waals surface area contributed by atoms with Gasteiger partial charge in [0.15, 0.2) is 0 Å². The van der Waals surface area contributed by atoms with Crippen LogP contribution in [-0.4, -0.2) is 9.49 Å². The quantitative estimate of drug-likeness (QED) is 0.637. The molecule has 0 spiro atoms. The number of hydrogen-bond donors (Lipinski definition) is 0. The highest BCUT2D eigenvalue weighted by Gasteiger charge is 2.53. The molecule has 1 rings (SSSR count). The first-order chi connectivity index (χ1) is 7.30. The summed E-state index contributed by atoms with van der Waals surface area (Å²) < 4.78 is 2.35. The van der Waals surface area contributed by atoms with Gasteiger partial charge in [-0.25, -0.2) is 0 Å². The van der Waals surface area contributed by atoms with Crippen LogP contribution < -0.4 is 0 Å². The fourth-order valence-corrected chi connectivity index (χ4v) is 6.20. The largest absolute Gasteiger partial charge is 0.111 e. The van der Waals surface area contributed by atoms with Gasteiger partial charge in [0.05, 0.1) is 0 Å². The van der Waals surface area contributed by atoms with Crippen molar-refractivity contribution in [1.82, 2.24) is 0 Å². The van der Waals surface area contributed by atoms with E-state index in [0.717, 1.165) is 5.92 Å². The van der Waals surface area contributed by atoms with Crippen molar-refractivity contribution >= 4 is 23.5 Å². The fourth-order valence-electron chi connectivity index (χ4n) is 2.10. The van der Waals surface area contributed by atoms with Gasteiger partial charge >= 0.3 is 0 Å². The summed E-state index contributed by atoms with van der Waals surface area (Å²) >= 11 is 4.25. The van der Waals surface area contributed by atoms with Gasteiger partial charge < -0.3 is 0 Å². The van der Waals surface area contributed by atoms with Crippen molar-refractivity contribution in [3.8, 4) is 0 Å². The molecule has 1 aliphatic heterocycles. The zero-order chi connectivity index (χ0) is 12.6. The van der Waals surface area contributed by atoms with Gasteiger partial charge in [-0.3, -0.25) is 0 Å². The predicted octanol–water partition coefficient (Wildman–Crippen LogP) is 5.69. The Morgan fingerprint density at radius 1 is 1.19 bits per heavy atom. The van der Waals surface area contributed by atoms with Crippen LogP contribution in [0.15, 0.2) is 9.81 Å². The Morgan fingerprint density at radius 2 is 1.75 bits per heavy atom. The van der Waals surface area contributed by atoms with Crippen LogP contribution in [0.3, 0.4) is 0 Å². The third-order valence-electron chi connectivity index (χ3n) is 4.33. The number of hydrogen-bond acceptors (Lipinski definition) is 2. The van der Waals surface area contributed by atoms with Gasteiger partial charge in [-0.05, 0) is 39.5 Å². The van der Waals surface area contributed by atoms with Crippen LogP contribution in [0.4, 0.5) is 0 Å². The minimum Gasteiger partial charge on any atom is -0.111 e. The molecule has 16 heavy (non-hydrogen) atoms. The summed E-state index contributed by atoms with van der Waals surface area (Å²) in [6, 6.07) is 0. The van der Waals surface area contributed by atoms with E-state index in [1.54, 1.807) is 9.81 Å². The van der Waals surface area contributed by atoms with Crippen molar-refractivity contribution in [2.75, 3.05) is 0 Å². The predicted molar refractivity (Wildman–Crippen MR) is 80.1 cm³/mol. The zero-order valence-electron chi connectivity index (χ0n) is 11.8. The van der Waals surface area contributed by atoms with E-state index in [0.29, 0.717) is 9.49 Å². The SMILES string of the molecule is CC/C(C)=C1/SC(C)(CC)C(C)(C(C)C)S1. The van der Waals surface area contributed by atoms with Crippen LogP contribution >= 0.6 is 23.5 Å². The molecule has 0 radical (unpaired) electrons. The maximum atomic E-state index is 2.45. The summed E-state index contributed by atoms with van der Waals surface area (Å²) in [6.45, 7) is 16.5. The number of rotatable bonds is 3. The second-order valence-corrected chi connectivity index (χ2v) is 8.70. The normalized spacial score (nSPS) is 38.2. The van der Waals surface area contributed by atoms with Crippen LogP contribution in [0.1, 0.15) is 61.3 Å². The molecule has 0 aromatic carbocycles. The molecule has 0 aliphatic carbocycles. The van der Waals surface area contributed by atoms with E-state index >= 15 is 0 Å². The van der Waals surface area contributed by atoms with Crippen LogP contribution in [-0.2, 0) is 0 Å². The van der Waals surface area contributed by atoms with Gasteiger partial charge in [0, 0.05) is 13.7 Å². The first kappa shape index (κ1) is 14.5. The first-order valence-corrected chi connectivity index (χ1v) is 8.01. The first-order valence-electron chi connectivity index (χ1n) is 6.38. The van der Waals surface area contributed by atoms with Crippen molar-refractivity contribution in [1.29, 1.82) is 0 Å². The molecule has 2 heteroatoms. The summed E-state index contributed by atoms with van der Waals surface area (Å²) in [5.74, 6) is 0.720. The molecule has 1 fully saturated rings. The summed E-state index contributed by atoms with van der Waals surface area (Å²) in [7, 11) is 0. The molecular weight excluding hydrogens is 232 g/mol. The Kier molecular flexibility index (Phi) is 4.51. The Morgan fingerprint density at radius 3 is 2.06 bits per heavy atom. The molecule has 0 bridgehead atoms. The maximum absolute atomic E-state index is 2.45. The van der Waals surface area contributed by atoms with E-state index in [2.05, 4.69) is 72.0 Å². The van der Waals surface area contributed by atoms with Gasteiger partial charge in [0.2, 0.25) is 0 Å². The average molecular weight is 258 g/mol. The molecular formula is C14H26S2. The molecule has 0 amide bonds. The number of thioether (sulfide) groups is 2. The molecule has 2 atom stereocenters. The second-order valence-electron chi connectivity index (χ2n) is 5.47. The van der Waals surface area contributed by atoms with Crippen molar-refractivity contribution in [2.45, 2.75) is 70.8 Å². The summed E-state index contributed by atoms with van der Waals surface area (Å²) in [4.78, 5) is 0. The van der Waals surface area contributed by atoms with Gasteiger partial charge in [-0.1, -0.05) is 33.3 Å². The van der Waals surface area contributed by atoms with Gasteiger partial charge in [0.1, 0.15) is 0 Å². The fraction of sp³-hybridized carbons (Fsp3) is 0.857. The third-order valence-corrected chi connectivity index (χ3v) is 8.53. The third kappa shape index (κ3) is 2.20. The van der Waals surface area contributed by atoms with E-state index in [4.69, 9.17) is 0 Å². The molecule has 0 N–H and O–H groups in total. The lowest BCUT2D eigenvalue weighted by atomic mass is 9.82. The van der Waals surface area contributed by atoms with Gasteiger partial charge in [-0.2, -0.15) is 0 Å². The lowest BCUT2D eigenvalue weighted by molar-refractivity contribution is 0.371. The molecule has 0 aromatic rings. The lowest BCUT2D eigenvalue weighted by Gasteiger charge is -2.41. The Balaban J connectivity index is 3.12. The highest BCUT2D eigenvalue weighted by Crippen LogP contribution is 2.65. The molecule has 1 aliphatic rings. The lowest BCUT2D eigenvalue weighted by Crippen LogP contribution is -2.44. The Hall–Kier alpha value is 0.440. The molecule has 0 nitrogen and oxygen atoms in total. The summed E-state index contributed by atoms with van der Waals surface area (Å²) in [5, 5.41) is 0. The molecule has 2 unspecified atom stereocenters. The van der Waals surface area contributed by atoms with Gasteiger partial charge in [-0.15, -0.1) is 23.5 Å². The molecule has 0 aromatic heterocycles. The van der Waals surface area contributed by atoms with E-state index in [1.807, 2.05) is 0 Å². The average Bonchev–Trinajstić information content (AvgIpc) is 2.52. The topological polar surface area (TPSA) is 0 Å². The Bertz CT molecular complexity index is 293. The van der Waals surface area contributed by atoms with Crippen molar-refractivity contribution < 1.29 is 0 Å². The van der Waals surface area contributed by atoms with E-state index in [1.165, 1.54) is 12.8 Å². The molecule has 1 saturated heterocycles. The molecule has 1 heterocycles. The minimum absolute atomic E-state index is 0.373. The van der Waals surface area contributed by atoms with Crippen molar-refractivity contribution in [2.24, 2.45) is 5.92 Å². The number of allylic oxidation sites excluding steroid dienone is 1. The van der Waals surface area contributed by atoms with E-state index < -0.39 is 0 Å². The van der Waals surface area contributed by atoms with Crippen LogP contribution in [0.25, 0.3) is 0 Å². The van der Waals surface area contributed by atoms with Crippen molar-refractivity contribution in [3.63, 3.8) is 0 Å². The highest BCUT2D eigenvalue weighted by molar-refractivity contribution is 8.26. The zero-order valence-corrected chi connectivity index (χ0v) is 13.4. The van der Waals surface area contributed by atoms with E-state index in [-0.39, 0.29) is 0 Å². The van der Waals surface area contributed by atoms with E-state index in [9.17, 15) is 0 Å². The Labute approximate surface area is 110 Å². The minimum atomic E-state index is 0.373. The standard InChI is InChI=1S/C14H26S2/c1-8-11(5)12-15-13(6,9-2)14(7,16-12)10(3)4/h10H,8-9H2,1-7H3/b12-11-. The van der Waals surface area contributed by atoms with Gasteiger partial charge in [0.25, 0.3) is 0 Å². The van der Waals surface area contributed by atoms with Crippen LogP contribution in [0.2, 0.25) is 0 Å². The van der Waals surface area contributed by atoms with Crippen molar-refractivity contribution in [3.05, 3.63) is 9.81 Å². The maximum Gasteiger partial charge on any atom is 0.0401 e. The monoisotopic (exact) mass is 258 g/mol. The van der Waals surface area contributed by atoms with Crippen LogP contribution in [0, 0.1) is 5.92 Å². The molecule has 94 valence electrons. The molecule has 0 saturated carbocycles. The second kappa shape index (κ2) is 4.97. The smallest absolute Gasteiger partial charge is 0.0401 e. The summed E-state index contributed by atoms with van der Waals surface area (Å²) in [6.07, 6.45) is 2.43. The highest BCUT2D eigenvalue weighted by atomic mass is 32.2. The summed E-state index contributed by atoms with van der Waals surface area (Å²) in [5.41, 5.74) is 1.57.